The third kappa shape index (κ3) is 4.25. The van der Waals surface area contributed by atoms with Gasteiger partial charge in [-0.05, 0) is 49.2 Å². The normalized spacial score (nSPS) is 16.5. The molecular formula is C24H30O5Si. The molecule has 1 aliphatic carbocycles. The minimum Gasteiger partial charge on any atom is -0.492 e. The van der Waals surface area contributed by atoms with Crippen molar-refractivity contribution in [1.82, 2.24) is 0 Å². The molecule has 30 heavy (non-hydrogen) atoms. The van der Waals surface area contributed by atoms with E-state index in [0.29, 0.717) is 28.9 Å². The van der Waals surface area contributed by atoms with Gasteiger partial charge in [0.15, 0.2) is 26.1 Å². The van der Waals surface area contributed by atoms with Gasteiger partial charge in [-0.15, -0.1) is 0 Å². The highest BCUT2D eigenvalue weighted by molar-refractivity contribution is 6.70. The van der Waals surface area contributed by atoms with Crippen LogP contribution in [0.25, 0.3) is 11.1 Å². The Morgan fingerprint density at radius 3 is 2.63 bits per heavy atom. The van der Waals surface area contributed by atoms with Crippen LogP contribution in [0, 0.1) is 0 Å². The minimum absolute atomic E-state index is 0.170. The van der Waals surface area contributed by atoms with E-state index < -0.39 is 8.32 Å². The predicted molar refractivity (Wildman–Crippen MR) is 119 cm³/mol. The molecule has 0 aromatic heterocycles. The molecule has 5 nitrogen and oxygen atoms in total. The third-order valence-corrected chi connectivity index (χ3v) is 8.12. The summed E-state index contributed by atoms with van der Waals surface area (Å²) in [5, 5.41) is 0. The van der Waals surface area contributed by atoms with Gasteiger partial charge in [0.1, 0.15) is 0 Å². The molecule has 6 heteroatoms. The van der Waals surface area contributed by atoms with Crippen LogP contribution in [0.15, 0.2) is 30.3 Å². The zero-order chi connectivity index (χ0) is 21.1. The van der Waals surface area contributed by atoms with Gasteiger partial charge in [-0.25, -0.2) is 0 Å². The van der Waals surface area contributed by atoms with Crippen molar-refractivity contribution in [2.24, 2.45) is 0 Å². The van der Waals surface area contributed by atoms with Gasteiger partial charge in [-0.2, -0.15) is 0 Å². The summed E-state index contributed by atoms with van der Waals surface area (Å²) in [6.07, 6.45) is 7.39. The van der Waals surface area contributed by atoms with Crippen LogP contribution in [0.1, 0.15) is 48.0 Å². The van der Waals surface area contributed by atoms with Crippen molar-refractivity contribution in [3.05, 3.63) is 41.5 Å². The summed E-state index contributed by atoms with van der Waals surface area (Å²) < 4.78 is 23.9. The lowest BCUT2D eigenvalue weighted by Gasteiger charge is -2.32. The minimum atomic E-state index is -2.03. The van der Waals surface area contributed by atoms with Crippen LogP contribution in [-0.4, -0.2) is 34.6 Å². The molecule has 1 heterocycles. The molecule has 1 saturated carbocycles. The number of carbonyl (C=O) groups excluding carboxylic acids is 1. The lowest BCUT2D eigenvalue weighted by molar-refractivity contribution is 0.112. The smallest absolute Gasteiger partial charge is 0.231 e. The van der Waals surface area contributed by atoms with Crippen LogP contribution in [0.4, 0.5) is 0 Å². The summed E-state index contributed by atoms with van der Waals surface area (Å²) in [6, 6.07) is 10.5. The van der Waals surface area contributed by atoms with Crippen molar-refractivity contribution in [2.45, 2.75) is 57.3 Å². The van der Waals surface area contributed by atoms with Gasteiger partial charge in [0, 0.05) is 17.2 Å². The van der Waals surface area contributed by atoms with E-state index in [4.69, 9.17) is 18.6 Å². The van der Waals surface area contributed by atoms with E-state index in [1.807, 2.05) is 30.3 Å². The van der Waals surface area contributed by atoms with Crippen LogP contribution < -0.4 is 14.2 Å². The Labute approximate surface area is 179 Å². The predicted octanol–water partition coefficient (Wildman–Crippen LogP) is 5.54. The van der Waals surface area contributed by atoms with Crippen LogP contribution >= 0.6 is 0 Å². The highest BCUT2D eigenvalue weighted by Gasteiger charge is 2.33. The first-order chi connectivity index (χ1) is 14.5. The summed E-state index contributed by atoms with van der Waals surface area (Å²) in [7, 11) is -0.398. The van der Waals surface area contributed by atoms with Crippen molar-refractivity contribution < 1.29 is 23.4 Å². The van der Waals surface area contributed by atoms with Crippen LogP contribution in [-0.2, 0) is 10.5 Å². The molecule has 0 bridgehead atoms. The average Bonchev–Trinajstić information content (AvgIpc) is 3.21. The van der Waals surface area contributed by atoms with E-state index in [9.17, 15) is 4.79 Å². The first kappa shape index (κ1) is 20.9. The van der Waals surface area contributed by atoms with Gasteiger partial charge in [0.25, 0.3) is 0 Å². The van der Waals surface area contributed by atoms with Crippen LogP contribution in [0.5, 0.6) is 17.2 Å². The molecule has 0 unspecified atom stereocenters. The fourth-order valence-corrected chi connectivity index (χ4v) is 7.07. The van der Waals surface area contributed by atoms with E-state index in [2.05, 4.69) is 13.1 Å². The summed E-state index contributed by atoms with van der Waals surface area (Å²) in [5.74, 6) is 1.91. The molecule has 2 aromatic carbocycles. The highest BCUT2D eigenvalue weighted by Crippen LogP contribution is 2.50. The maximum atomic E-state index is 11.8. The fraction of sp³-hybridized carbons (Fsp3) is 0.458. The molecule has 1 fully saturated rings. The van der Waals surface area contributed by atoms with Crippen molar-refractivity contribution in [2.75, 3.05) is 13.9 Å². The Morgan fingerprint density at radius 1 is 1.13 bits per heavy atom. The van der Waals surface area contributed by atoms with Gasteiger partial charge in [0.05, 0.1) is 7.11 Å². The van der Waals surface area contributed by atoms with E-state index >= 15 is 0 Å². The average molecular weight is 427 g/mol. The Morgan fingerprint density at radius 2 is 1.90 bits per heavy atom. The molecule has 4 rings (SSSR count). The topological polar surface area (TPSA) is 54.0 Å². The Bertz CT molecular complexity index is 918. The lowest BCUT2D eigenvalue weighted by Crippen LogP contribution is -2.39. The van der Waals surface area contributed by atoms with Crippen molar-refractivity contribution in [1.29, 1.82) is 0 Å². The van der Waals surface area contributed by atoms with E-state index in [-0.39, 0.29) is 6.79 Å². The molecule has 160 valence electrons. The van der Waals surface area contributed by atoms with Crippen LogP contribution in [0.2, 0.25) is 13.1 Å². The maximum Gasteiger partial charge on any atom is 0.231 e. The molecule has 0 spiro atoms. The zero-order valence-corrected chi connectivity index (χ0v) is 19.0. The van der Waals surface area contributed by atoms with E-state index in [1.54, 1.807) is 7.11 Å². The Hall–Kier alpha value is -2.31. The van der Waals surface area contributed by atoms with Crippen molar-refractivity contribution >= 4 is 14.6 Å². The number of aldehydes is 1. The molecule has 2 aromatic rings. The summed E-state index contributed by atoms with van der Waals surface area (Å²) in [5.41, 5.74) is 3.46. The third-order valence-electron chi connectivity index (χ3n) is 5.92. The van der Waals surface area contributed by atoms with E-state index in [0.717, 1.165) is 41.9 Å². The second-order valence-corrected chi connectivity index (χ2v) is 12.8. The van der Waals surface area contributed by atoms with E-state index in [1.165, 1.54) is 19.3 Å². The Kier molecular flexibility index (Phi) is 6.15. The maximum absolute atomic E-state index is 11.8. The number of rotatable bonds is 7. The fourth-order valence-electron chi connectivity index (χ4n) is 4.65. The summed E-state index contributed by atoms with van der Waals surface area (Å²) in [4.78, 5) is 11.8. The van der Waals surface area contributed by atoms with Gasteiger partial charge in [-0.3, -0.25) is 4.79 Å². The second kappa shape index (κ2) is 8.82. The molecule has 1 aliphatic heterocycles. The van der Waals surface area contributed by atoms with Crippen LogP contribution in [0.3, 0.4) is 0 Å². The molecular weight excluding hydrogens is 396 g/mol. The number of ether oxygens (including phenoxy) is 3. The quantitative estimate of drug-likeness (QED) is 0.430. The highest BCUT2D eigenvalue weighted by atomic mass is 28.4. The summed E-state index contributed by atoms with van der Waals surface area (Å²) in [6.45, 7) is 4.71. The number of benzene rings is 2. The monoisotopic (exact) mass is 426 g/mol. The Balaban J connectivity index is 1.77. The molecule has 0 atom stereocenters. The first-order valence-electron chi connectivity index (χ1n) is 10.7. The van der Waals surface area contributed by atoms with Crippen molar-refractivity contribution in [3.63, 3.8) is 0 Å². The van der Waals surface area contributed by atoms with Crippen molar-refractivity contribution in [3.8, 4) is 28.4 Å². The number of methoxy groups -OCH3 is 1. The standard InChI is InChI=1S/C24H30O5Si/c1-26-24-22(20-12-8-7-9-17(20)14-25)18(13-21-23(24)28-16-27-21)15-30(2,3)29-19-10-5-4-6-11-19/h7-9,12-14,19H,4-6,10-11,15-16H2,1-3H3. The SMILES string of the molecule is COc1c2c(cc(C[Si](C)(C)OC3CCCCC3)c1-c1ccccc1C=O)OCO2. The number of hydrogen-bond acceptors (Lipinski definition) is 5. The largest absolute Gasteiger partial charge is 0.492 e. The van der Waals surface area contributed by atoms with Gasteiger partial charge in [0.2, 0.25) is 12.5 Å². The van der Waals surface area contributed by atoms with Gasteiger partial charge in [-0.1, -0.05) is 43.5 Å². The number of hydrogen-bond donors (Lipinski definition) is 0. The molecule has 0 N–H and O–H groups in total. The first-order valence-corrected chi connectivity index (χ1v) is 13.9. The molecule has 0 radical (unpaired) electrons. The molecule has 0 saturated heterocycles. The number of carbonyl (C=O) groups is 1. The van der Waals surface area contributed by atoms with Gasteiger partial charge >= 0.3 is 0 Å². The summed E-state index contributed by atoms with van der Waals surface area (Å²) >= 11 is 0. The lowest BCUT2D eigenvalue weighted by atomic mass is 9.94. The van der Waals surface area contributed by atoms with Gasteiger partial charge < -0.3 is 18.6 Å². The number of fused-ring (bicyclic) bond motifs is 1. The molecule has 0 amide bonds. The zero-order valence-electron chi connectivity index (χ0n) is 18.0. The second-order valence-electron chi connectivity index (χ2n) is 8.70. The molecule has 2 aliphatic rings.